The molecule has 152 valence electrons. The summed E-state index contributed by atoms with van der Waals surface area (Å²) in [5.41, 5.74) is 3.60. The lowest BCUT2D eigenvalue weighted by atomic mass is 10.1. The van der Waals surface area contributed by atoms with Crippen molar-refractivity contribution in [1.82, 2.24) is 9.78 Å². The van der Waals surface area contributed by atoms with Crippen molar-refractivity contribution < 1.29 is 9.72 Å². The van der Waals surface area contributed by atoms with Crippen LogP contribution < -0.4 is 5.32 Å². The first-order chi connectivity index (χ1) is 15.1. The van der Waals surface area contributed by atoms with E-state index in [1.165, 1.54) is 18.2 Å². The molecule has 0 aliphatic carbocycles. The smallest absolute Gasteiger partial charge is 0.269 e. The molecule has 31 heavy (non-hydrogen) atoms. The zero-order valence-electron chi connectivity index (χ0n) is 16.4. The Labute approximate surface area is 178 Å². The molecule has 0 unspecified atom stereocenters. The van der Waals surface area contributed by atoms with Gasteiger partial charge in [-0.05, 0) is 42.5 Å². The van der Waals surface area contributed by atoms with E-state index in [0.29, 0.717) is 22.5 Å². The van der Waals surface area contributed by atoms with Gasteiger partial charge >= 0.3 is 0 Å². The Morgan fingerprint density at radius 1 is 0.935 bits per heavy atom. The van der Waals surface area contributed by atoms with Gasteiger partial charge < -0.3 is 5.32 Å². The molecule has 0 aliphatic heterocycles. The molecule has 0 radical (unpaired) electrons. The van der Waals surface area contributed by atoms with Crippen LogP contribution in [-0.2, 0) is 4.79 Å². The number of hydrogen-bond acceptors (Lipinski definition) is 4. The lowest BCUT2D eigenvalue weighted by Crippen LogP contribution is -2.07. The van der Waals surface area contributed by atoms with Crippen molar-refractivity contribution in [3.05, 3.63) is 113 Å². The summed E-state index contributed by atoms with van der Waals surface area (Å²) in [6, 6.07) is 24.9. The summed E-state index contributed by atoms with van der Waals surface area (Å²) in [4.78, 5) is 22.8. The topological polar surface area (TPSA) is 90.1 Å². The number of aromatic nitrogens is 2. The molecule has 4 aromatic rings. The van der Waals surface area contributed by atoms with Crippen molar-refractivity contribution in [1.29, 1.82) is 0 Å². The summed E-state index contributed by atoms with van der Waals surface area (Å²) in [7, 11) is 0. The van der Waals surface area contributed by atoms with Crippen LogP contribution in [-0.4, -0.2) is 20.6 Å². The third-order valence-corrected chi connectivity index (χ3v) is 4.57. The van der Waals surface area contributed by atoms with Gasteiger partial charge in [-0.15, -0.1) is 0 Å². The highest BCUT2D eigenvalue weighted by atomic mass is 16.6. The number of para-hydroxylation sites is 2. The van der Waals surface area contributed by atoms with E-state index >= 15 is 0 Å². The van der Waals surface area contributed by atoms with E-state index in [1.807, 2.05) is 66.9 Å². The van der Waals surface area contributed by atoms with Gasteiger partial charge in [0, 0.05) is 41.2 Å². The first kappa shape index (κ1) is 19.8. The third kappa shape index (κ3) is 4.73. The number of hydrogen-bond donors (Lipinski definition) is 1. The van der Waals surface area contributed by atoms with Crippen LogP contribution >= 0.6 is 0 Å². The molecule has 0 atom stereocenters. The third-order valence-electron chi connectivity index (χ3n) is 4.57. The molecule has 0 fully saturated rings. The van der Waals surface area contributed by atoms with E-state index in [1.54, 1.807) is 22.9 Å². The first-order valence-electron chi connectivity index (χ1n) is 9.54. The van der Waals surface area contributed by atoms with Gasteiger partial charge in [0.2, 0.25) is 5.91 Å². The van der Waals surface area contributed by atoms with Crippen LogP contribution in [0.25, 0.3) is 23.0 Å². The number of nitrogens with zero attached hydrogens (tertiary/aromatic N) is 3. The summed E-state index contributed by atoms with van der Waals surface area (Å²) >= 11 is 0. The van der Waals surface area contributed by atoms with E-state index in [-0.39, 0.29) is 11.6 Å². The van der Waals surface area contributed by atoms with Crippen molar-refractivity contribution in [3.8, 4) is 16.9 Å². The van der Waals surface area contributed by atoms with Gasteiger partial charge in [0.1, 0.15) is 0 Å². The van der Waals surface area contributed by atoms with Crippen LogP contribution in [0.5, 0.6) is 0 Å². The van der Waals surface area contributed by atoms with Crippen LogP contribution in [0.4, 0.5) is 11.4 Å². The lowest BCUT2D eigenvalue weighted by molar-refractivity contribution is -0.384. The van der Waals surface area contributed by atoms with Crippen molar-refractivity contribution in [2.24, 2.45) is 0 Å². The fraction of sp³-hybridized carbons (Fsp3) is 0. The summed E-state index contributed by atoms with van der Waals surface area (Å²) in [6.45, 7) is 0. The molecule has 7 heteroatoms. The highest BCUT2D eigenvalue weighted by molar-refractivity contribution is 6.02. The van der Waals surface area contributed by atoms with Gasteiger partial charge in [0.15, 0.2) is 0 Å². The second-order valence-corrected chi connectivity index (χ2v) is 6.71. The normalized spacial score (nSPS) is 10.8. The van der Waals surface area contributed by atoms with Crippen molar-refractivity contribution in [3.63, 3.8) is 0 Å². The van der Waals surface area contributed by atoms with Gasteiger partial charge in [-0.25, -0.2) is 4.68 Å². The fourth-order valence-corrected chi connectivity index (χ4v) is 3.06. The van der Waals surface area contributed by atoms with Crippen molar-refractivity contribution in [2.75, 3.05) is 5.32 Å². The SMILES string of the molecule is O=C(/C=C\c1cn(-c2ccccc2)nc1-c1ccc([N+](=O)[O-])cc1)Nc1ccccc1. The molecule has 0 bridgehead atoms. The highest BCUT2D eigenvalue weighted by Crippen LogP contribution is 2.26. The largest absolute Gasteiger partial charge is 0.323 e. The minimum absolute atomic E-state index is 0.00516. The minimum atomic E-state index is -0.443. The molecule has 4 rings (SSSR count). The molecular formula is C24H18N4O3. The standard InChI is InChI=1S/C24H18N4O3/c29-23(25-20-7-3-1-4-8-20)16-13-19-17-27(21-9-5-2-6-10-21)26-24(19)18-11-14-22(15-12-18)28(30)31/h1-17H,(H,25,29)/b16-13-. The van der Waals surface area contributed by atoms with Crippen LogP contribution in [0.15, 0.2) is 97.2 Å². The number of nitro benzene ring substituents is 1. The average Bonchev–Trinajstić information content (AvgIpc) is 3.23. The molecule has 0 saturated heterocycles. The van der Waals surface area contributed by atoms with Gasteiger partial charge in [-0.2, -0.15) is 5.10 Å². The van der Waals surface area contributed by atoms with E-state index < -0.39 is 4.92 Å². The molecule has 7 nitrogen and oxygen atoms in total. The monoisotopic (exact) mass is 410 g/mol. The Morgan fingerprint density at radius 2 is 1.58 bits per heavy atom. The number of carbonyl (C=O) groups excluding carboxylic acids is 1. The number of anilines is 1. The zero-order chi connectivity index (χ0) is 21.6. The lowest BCUT2D eigenvalue weighted by Gasteiger charge is -2.01. The second kappa shape index (κ2) is 8.87. The molecule has 1 heterocycles. The number of amides is 1. The van der Waals surface area contributed by atoms with Gasteiger partial charge in [-0.3, -0.25) is 14.9 Å². The van der Waals surface area contributed by atoms with E-state index in [4.69, 9.17) is 0 Å². The number of non-ortho nitro benzene ring substituents is 1. The van der Waals surface area contributed by atoms with Crippen LogP contribution in [0, 0.1) is 10.1 Å². The maximum atomic E-state index is 12.3. The highest BCUT2D eigenvalue weighted by Gasteiger charge is 2.13. The van der Waals surface area contributed by atoms with Gasteiger partial charge in [-0.1, -0.05) is 36.4 Å². The summed E-state index contributed by atoms with van der Waals surface area (Å²) in [5, 5.41) is 18.4. The summed E-state index contributed by atoms with van der Waals surface area (Å²) in [5.74, 6) is -0.270. The van der Waals surface area contributed by atoms with Gasteiger partial charge in [0.05, 0.1) is 16.3 Å². The van der Waals surface area contributed by atoms with Crippen LogP contribution in [0.1, 0.15) is 5.56 Å². The van der Waals surface area contributed by atoms with E-state index in [0.717, 1.165) is 5.69 Å². The maximum absolute atomic E-state index is 12.3. The van der Waals surface area contributed by atoms with Crippen molar-refractivity contribution in [2.45, 2.75) is 0 Å². The Hall–Kier alpha value is -4.52. The fourth-order valence-electron chi connectivity index (χ4n) is 3.06. The number of nitrogens with one attached hydrogen (secondary N) is 1. The van der Waals surface area contributed by atoms with E-state index in [2.05, 4.69) is 10.4 Å². The molecule has 0 aliphatic rings. The van der Waals surface area contributed by atoms with Crippen LogP contribution in [0.2, 0.25) is 0 Å². The molecular weight excluding hydrogens is 392 g/mol. The Kier molecular flexibility index (Phi) is 5.66. The summed E-state index contributed by atoms with van der Waals surface area (Å²) in [6.07, 6.45) is 4.94. The minimum Gasteiger partial charge on any atom is -0.323 e. The van der Waals surface area contributed by atoms with Crippen molar-refractivity contribution >= 4 is 23.4 Å². The number of benzene rings is 3. The van der Waals surface area contributed by atoms with Crippen LogP contribution in [0.3, 0.4) is 0 Å². The molecule has 0 saturated carbocycles. The molecule has 1 N–H and O–H groups in total. The number of rotatable bonds is 6. The Bertz CT molecular complexity index is 1230. The van der Waals surface area contributed by atoms with E-state index in [9.17, 15) is 14.9 Å². The molecule has 1 aromatic heterocycles. The number of carbonyl (C=O) groups is 1. The Balaban J connectivity index is 1.67. The number of nitro groups is 1. The predicted molar refractivity (Wildman–Crippen MR) is 120 cm³/mol. The average molecular weight is 410 g/mol. The quantitative estimate of drug-likeness (QED) is 0.272. The van der Waals surface area contributed by atoms with Gasteiger partial charge in [0.25, 0.3) is 5.69 Å². The first-order valence-corrected chi connectivity index (χ1v) is 9.54. The Morgan fingerprint density at radius 3 is 2.23 bits per heavy atom. The molecule has 3 aromatic carbocycles. The molecule has 0 spiro atoms. The molecule has 1 amide bonds. The zero-order valence-corrected chi connectivity index (χ0v) is 16.4. The maximum Gasteiger partial charge on any atom is 0.269 e. The predicted octanol–water partition coefficient (Wildman–Crippen LogP) is 5.10. The summed E-state index contributed by atoms with van der Waals surface area (Å²) < 4.78 is 1.71. The second-order valence-electron chi connectivity index (χ2n) is 6.71.